The van der Waals surface area contributed by atoms with Crippen LogP contribution in [0.3, 0.4) is 0 Å². The first-order valence-corrected chi connectivity index (χ1v) is 11.5. The van der Waals surface area contributed by atoms with Gasteiger partial charge in [-0.2, -0.15) is 11.8 Å². The van der Waals surface area contributed by atoms with E-state index in [1.165, 1.54) is 12.0 Å². The van der Waals surface area contributed by atoms with Gasteiger partial charge in [-0.3, -0.25) is 19.4 Å². The number of hydrogen-bond acceptors (Lipinski definition) is 5. The summed E-state index contributed by atoms with van der Waals surface area (Å²) in [6, 6.07) is 9.30. The summed E-state index contributed by atoms with van der Waals surface area (Å²) in [4.78, 5) is 29.1. The molecule has 2 heterocycles. The van der Waals surface area contributed by atoms with Gasteiger partial charge in [-0.1, -0.05) is 32.0 Å². The third-order valence-corrected chi connectivity index (χ3v) is 6.46. The van der Waals surface area contributed by atoms with Crippen molar-refractivity contribution in [3.63, 3.8) is 0 Å². The SMILES string of the molecule is CSCC(=O)c1cccc(CCCN2C[C@@H]3C[C@H]2CN3CC(=O)C(C)C)c1. The first-order chi connectivity index (χ1) is 13.0. The molecule has 0 amide bonds. The molecule has 2 fully saturated rings. The topological polar surface area (TPSA) is 40.6 Å². The number of likely N-dealkylation sites (tertiary alicyclic amines) is 2. The minimum atomic E-state index is 0.138. The fraction of sp³-hybridized carbons (Fsp3) is 0.636. The van der Waals surface area contributed by atoms with E-state index in [4.69, 9.17) is 0 Å². The average Bonchev–Trinajstić information content (AvgIpc) is 3.22. The van der Waals surface area contributed by atoms with Gasteiger partial charge in [-0.25, -0.2) is 0 Å². The number of thioether (sulfide) groups is 1. The monoisotopic (exact) mass is 388 g/mol. The highest BCUT2D eigenvalue weighted by Crippen LogP contribution is 2.30. The number of nitrogens with zero attached hydrogens (tertiary/aromatic N) is 2. The zero-order valence-electron chi connectivity index (χ0n) is 16.8. The minimum Gasteiger partial charge on any atom is -0.298 e. The first-order valence-electron chi connectivity index (χ1n) is 10.1. The molecule has 0 spiro atoms. The second-order valence-electron chi connectivity index (χ2n) is 8.25. The molecule has 2 aliphatic rings. The summed E-state index contributed by atoms with van der Waals surface area (Å²) in [5.41, 5.74) is 2.10. The first kappa shape index (κ1) is 20.6. The number of rotatable bonds is 10. The van der Waals surface area contributed by atoms with Crippen molar-refractivity contribution in [2.24, 2.45) is 5.92 Å². The summed E-state index contributed by atoms with van der Waals surface area (Å²) in [5.74, 6) is 1.27. The zero-order chi connectivity index (χ0) is 19.4. The van der Waals surface area contributed by atoms with Gasteiger partial charge in [0, 0.05) is 36.7 Å². The van der Waals surface area contributed by atoms with E-state index in [1.807, 2.05) is 32.2 Å². The van der Waals surface area contributed by atoms with E-state index in [0.29, 0.717) is 30.2 Å². The Morgan fingerprint density at radius 2 is 1.93 bits per heavy atom. The standard InChI is InChI=1S/C22H32N2O2S/c1-16(2)21(25)14-24-13-19-11-20(24)12-23(19)9-5-7-17-6-4-8-18(10-17)22(26)15-27-3/h4,6,8,10,16,19-20H,5,7,9,11-15H2,1-3H3/t19-,20-/m0/s1. The molecule has 0 radical (unpaired) electrons. The van der Waals surface area contributed by atoms with Crippen molar-refractivity contribution in [3.05, 3.63) is 35.4 Å². The van der Waals surface area contributed by atoms with E-state index in [0.717, 1.165) is 38.0 Å². The number of fused-ring (bicyclic) bond motifs is 2. The van der Waals surface area contributed by atoms with E-state index >= 15 is 0 Å². The van der Waals surface area contributed by atoms with Crippen LogP contribution in [-0.2, 0) is 11.2 Å². The molecule has 27 heavy (non-hydrogen) atoms. The van der Waals surface area contributed by atoms with Gasteiger partial charge in [0.05, 0.1) is 12.3 Å². The zero-order valence-corrected chi connectivity index (χ0v) is 17.6. The van der Waals surface area contributed by atoms with E-state index in [2.05, 4.69) is 21.9 Å². The maximum Gasteiger partial charge on any atom is 0.172 e. The van der Waals surface area contributed by atoms with Crippen molar-refractivity contribution in [2.45, 2.75) is 45.2 Å². The van der Waals surface area contributed by atoms with Gasteiger partial charge in [-0.15, -0.1) is 0 Å². The van der Waals surface area contributed by atoms with E-state index < -0.39 is 0 Å². The number of benzene rings is 1. The lowest BCUT2D eigenvalue weighted by molar-refractivity contribution is -0.123. The fourth-order valence-corrected chi connectivity index (χ4v) is 4.71. The lowest BCUT2D eigenvalue weighted by Crippen LogP contribution is -2.48. The highest BCUT2D eigenvalue weighted by atomic mass is 32.2. The van der Waals surface area contributed by atoms with E-state index in [-0.39, 0.29) is 11.7 Å². The molecule has 0 aliphatic carbocycles. The number of piperazine rings is 1. The molecule has 3 rings (SSSR count). The Balaban J connectivity index is 1.43. The maximum atomic E-state index is 12.1. The fourth-order valence-electron chi connectivity index (χ4n) is 4.28. The molecule has 1 aromatic rings. The Labute approximate surface area is 167 Å². The maximum absolute atomic E-state index is 12.1. The Kier molecular flexibility index (Phi) is 7.12. The van der Waals surface area contributed by atoms with Crippen LogP contribution < -0.4 is 0 Å². The highest BCUT2D eigenvalue weighted by Gasteiger charge is 2.43. The number of carbonyl (C=O) groups is 2. The summed E-state index contributed by atoms with van der Waals surface area (Å²) in [7, 11) is 0. The van der Waals surface area contributed by atoms with Crippen molar-refractivity contribution in [3.8, 4) is 0 Å². The van der Waals surface area contributed by atoms with E-state index in [1.54, 1.807) is 11.8 Å². The smallest absolute Gasteiger partial charge is 0.172 e. The summed E-state index contributed by atoms with van der Waals surface area (Å²) in [5, 5.41) is 0. The average molecular weight is 389 g/mol. The molecule has 2 atom stereocenters. The molecule has 0 N–H and O–H groups in total. The second-order valence-corrected chi connectivity index (χ2v) is 9.11. The van der Waals surface area contributed by atoms with Crippen LogP contribution >= 0.6 is 11.8 Å². The van der Waals surface area contributed by atoms with Crippen LogP contribution in [0.5, 0.6) is 0 Å². The van der Waals surface area contributed by atoms with Crippen LogP contribution in [0, 0.1) is 5.92 Å². The molecule has 2 saturated heterocycles. The molecular formula is C22H32N2O2S. The molecule has 148 valence electrons. The Morgan fingerprint density at radius 3 is 2.59 bits per heavy atom. The second kappa shape index (κ2) is 9.35. The van der Waals surface area contributed by atoms with Crippen LogP contribution in [-0.4, -0.2) is 71.6 Å². The molecular weight excluding hydrogens is 356 g/mol. The minimum absolute atomic E-state index is 0.138. The Morgan fingerprint density at radius 1 is 1.19 bits per heavy atom. The molecule has 4 nitrogen and oxygen atoms in total. The predicted octanol–water partition coefficient (Wildman–Crippen LogP) is 3.15. The Bertz CT molecular complexity index is 676. The van der Waals surface area contributed by atoms with Crippen molar-refractivity contribution >= 4 is 23.3 Å². The molecule has 2 aliphatic heterocycles. The quantitative estimate of drug-likeness (QED) is 0.576. The highest BCUT2D eigenvalue weighted by molar-refractivity contribution is 7.99. The van der Waals surface area contributed by atoms with Gasteiger partial charge in [0.2, 0.25) is 0 Å². The number of ketones is 2. The summed E-state index contributed by atoms with van der Waals surface area (Å²) in [6.45, 7) is 7.86. The molecule has 0 unspecified atom stereocenters. The number of aryl methyl sites for hydroxylation is 1. The van der Waals surface area contributed by atoms with Crippen molar-refractivity contribution in [1.82, 2.24) is 9.80 Å². The summed E-state index contributed by atoms with van der Waals surface area (Å²) < 4.78 is 0. The van der Waals surface area contributed by atoms with Crippen molar-refractivity contribution < 1.29 is 9.59 Å². The molecule has 5 heteroatoms. The third kappa shape index (κ3) is 5.21. The van der Waals surface area contributed by atoms with Gasteiger partial charge >= 0.3 is 0 Å². The van der Waals surface area contributed by atoms with Crippen LogP contribution in [0.4, 0.5) is 0 Å². The van der Waals surface area contributed by atoms with Gasteiger partial charge in [0.1, 0.15) is 5.78 Å². The molecule has 2 bridgehead atoms. The predicted molar refractivity (Wildman–Crippen MR) is 113 cm³/mol. The summed E-state index contributed by atoms with van der Waals surface area (Å²) >= 11 is 1.58. The lowest BCUT2D eigenvalue weighted by Gasteiger charge is -2.34. The number of hydrogen-bond donors (Lipinski definition) is 0. The largest absolute Gasteiger partial charge is 0.298 e. The molecule has 0 saturated carbocycles. The van der Waals surface area contributed by atoms with Crippen molar-refractivity contribution in [1.29, 1.82) is 0 Å². The van der Waals surface area contributed by atoms with Crippen LogP contribution in [0.2, 0.25) is 0 Å². The number of Topliss-reactive ketones (excluding diaryl/α,β-unsaturated/α-hetero) is 2. The van der Waals surface area contributed by atoms with Crippen LogP contribution in [0.1, 0.15) is 42.6 Å². The van der Waals surface area contributed by atoms with Crippen LogP contribution in [0.15, 0.2) is 24.3 Å². The molecule has 0 aromatic heterocycles. The van der Waals surface area contributed by atoms with Gasteiger partial charge in [0.15, 0.2) is 5.78 Å². The van der Waals surface area contributed by atoms with Gasteiger partial charge in [-0.05, 0) is 43.7 Å². The third-order valence-electron chi connectivity index (χ3n) is 5.91. The van der Waals surface area contributed by atoms with Gasteiger partial charge < -0.3 is 0 Å². The van der Waals surface area contributed by atoms with Crippen molar-refractivity contribution in [2.75, 3.05) is 38.2 Å². The van der Waals surface area contributed by atoms with Gasteiger partial charge in [0.25, 0.3) is 0 Å². The summed E-state index contributed by atoms with van der Waals surface area (Å²) in [6.07, 6.45) is 5.31. The number of carbonyl (C=O) groups excluding carboxylic acids is 2. The Hall–Kier alpha value is -1.17. The normalized spacial score (nSPS) is 22.7. The van der Waals surface area contributed by atoms with Crippen LogP contribution in [0.25, 0.3) is 0 Å². The lowest BCUT2D eigenvalue weighted by atomic mass is 10.0. The molecule has 1 aromatic carbocycles. The van der Waals surface area contributed by atoms with E-state index in [9.17, 15) is 9.59 Å².